The van der Waals surface area contributed by atoms with Crippen LogP contribution in [0.15, 0.2) is 40.9 Å². The summed E-state index contributed by atoms with van der Waals surface area (Å²) in [6.07, 6.45) is 3.07. The second-order valence-corrected chi connectivity index (χ2v) is 9.65. The average molecular weight is 427 g/mol. The van der Waals surface area contributed by atoms with Crippen molar-refractivity contribution < 1.29 is 18.0 Å². The second kappa shape index (κ2) is 8.83. The van der Waals surface area contributed by atoms with Crippen molar-refractivity contribution in [2.45, 2.75) is 4.90 Å². The summed E-state index contributed by atoms with van der Waals surface area (Å²) < 4.78 is 27.0. The molecule has 1 aliphatic rings. The molecular formula is C16H18N4O4S3. The molecule has 11 heteroatoms. The van der Waals surface area contributed by atoms with E-state index in [1.165, 1.54) is 16.6 Å². The van der Waals surface area contributed by atoms with E-state index in [0.717, 1.165) is 22.8 Å². The third kappa shape index (κ3) is 4.86. The number of hydrogen-bond acceptors (Lipinski definition) is 7. The van der Waals surface area contributed by atoms with E-state index in [1.807, 2.05) is 0 Å². The summed E-state index contributed by atoms with van der Waals surface area (Å²) in [5.41, 5.74) is 0.513. The van der Waals surface area contributed by atoms with Gasteiger partial charge in [-0.2, -0.15) is 16.1 Å². The second-order valence-electron chi connectivity index (χ2n) is 5.60. The van der Waals surface area contributed by atoms with Crippen LogP contribution >= 0.6 is 23.1 Å². The van der Waals surface area contributed by atoms with Crippen LogP contribution in [0.2, 0.25) is 0 Å². The number of carbonyl (C=O) groups is 2. The van der Waals surface area contributed by atoms with Gasteiger partial charge < -0.3 is 10.6 Å². The molecule has 144 valence electrons. The van der Waals surface area contributed by atoms with Crippen molar-refractivity contribution in [2.24, 2.45) is 0 Å². The van der Waals surface area contributed by atoms with Crippen LogP contribution in [0, 0.1) is 0 Å². The lowest BCUT2D eigenvalue weighted by molar-refractivity contribution is -0.115. The Kier molecular flexibility index (Phi) is 6.47. The van der Waals surface area contributed by atoms with Crippen LogP contribution in [0.1, 0.15) is 9.67 Å². The number of sulfonamides is 1. The quantitative estimate of drug-likeness (QED) is 0.720. The minimum Gasteiger partial charge on any atom is -0.342 e. The Hall–Kier alpha value is -1.95. The molecule has 1 saturated heterocycles. The molecule has 0 bridgehead atoms. The molecule has 0 aromatic carbocycles. The van der Waals surface area contributed by atoms with Gasteiger partial charge in [0.15, 0.2) is 0 Å². The van der Waals surface area contributed by atoms with E-state index < -0.39 is 21.8 Å². The van der Waals surface area contributed by atoms with Crippen molar-refractivity contribution in [3.05, 3.63) is 40.8 Å². The normalized spacial score (nSPS) is 15.3. The minimum atomic E-state index is -3.72. The third-order valence-electron chi connectivity index (χ3n) is 3.78. The average Bonchev–Trinajstić information content (AvgIpc) is 3.18. The van der Waals surface area contributed by atoms with E-state index in [4.69, 9.17) is 0 Å². The van der Waals surface area contributed by atoms with Gasteiger partial charge in [0.05, 0.1) is 18.4 Å². The minimum absolute atomic E-state index is 0.00966. The summed E-state index contributed by atoms with van der Waals surface area (Å²) in [6, 6.07) is 4.79. The van der Waals surface area contributed by atoms with Crippen LogP contribution in [-0.4, -0.2) is 60.7 Å². The molecule has 3 rings (SSSR count). The van der Waals surface area contributed by atoms with Gasteiger partial charge in [-0.05, 0) is 23.6 Å². The highest BCUT2D eigenvalue weighted by Crippen LogP contribution is 2.27. The van der Waals surface area contributed by atoms with Crippen LogP contribution in [0.5, 0.6) is 0 Å². The van der Waals surface area contributed by atoms with E-state index in [0.29, 0.717) is 18.8 Å². The summed E-state index contributed by atoms with van der Waals surface area (Å²) in [7, 11) is -3.72. The lowest BCUT2D eigenvalue weighted by Crippen LogP contribution is -2.39. The zero-order chi connectivity index (χ0) is 19.3. The molecule has 0 atom stereocenters. The van der Waals surface area contributed by atoms with Gasteiger partial charge in [0.1, 0.15) is 9.77 Å². The lowest BCUT2D eigenvalue weighted by atomic mass is 10.4. The molecule has 2 N–H and O–H groups in total. The van der Waals surface area contributed by atoms with Crippen LogP contribution in [-0.2, 0) is 14.8 Å². The highest BCUT2D eigenvalue weighted by atomic mass is 32.2. The molecule has 2 aromatic rings. The summed E-state index contributed by atoms with van der Waals surface area (Å²) in [5.74, 6) is 0.459. The lowest BCUT2D eigenvalue weighted by Gasteiger charge is -2.25. The van der Waals surface area contributed by atoms with Crippen LogP contribution < -0.4 is 10.6 Å². The number of nitrogens with one attached hydrogen (secondary N) is 2. The largest absolute Gasteiger partial charge is 0.342 e. The topological polar surface area (TPSA) is 108 Å². The highest BCUT2D eigenvalue weighted by Gasteiger charge is 2.31. The van der Waals surface area contributed by atoms with Crippen LogP contribution in [0.4, 0.5) is 5.69 Å². The number of anilines is 1. The number of aromatic nitrogens is 1. The van der Waals surface area contributed by atoms with Gasteiger partial charge in [-0.1, -0.05) is 0 Å². The first kappa shape index (κ1) is 19.8. The zero-order valence-corrected chi connectivity index (χ0v) is 16.7. The maximum atomic E-state index is 12.8. The molecule has 3 heterocycles. The van der Waals surface area contributed by atoms with Crippen molar-refractivity contribution in [1.82, 2.24) is 14.6 Å². The Bertz CT molecular complexity index is 909. The highest BCUT2D eigenvalue weighted by molar-refractivity contribution is 7.99. The zero-order valence-electron chi connectivity index (χ0n) is 14.3. The van der Waals surface area contributed by atoms with Gasteiger partial charge in [-0.25, -0.2) is 8.42 Å². The third-order valence-corrected chi connectivity index (χ3v) is 7.70. The molecule has 2 aromatic heterocycles. The summed E-state index contributed by atoms with van der Waals surface area (Å²) >= 11 is 2.74. The molecule has 1 fully saturated rings. The van der Waals surface area contributed by atoms with Crippen LogP contribution in [0.3, 0.4) is 0 Å². The first-order chi connectivity index (χ1) is 13.0. The van der Waals surface area contributed by atoms with Crippen molar-refractivity contribution in [3.63, 3.8) is 0 Å². The van der Waals surface area contributed by atoms with Crippen molar-refractivity contribution in [1.29, 1.82) is 0 Å². The summed E-state index contributed by atoms with van der Waals surface area (Å²) in [5, 5.41) is 6.64. The Morgan fingerprint density at radius 3 is 2.70 bits per heavy atom. The first-order valence-corrected chi connectivity index (χ1v) is 11.6. The van der Waals surface area contributed by atoms with E-state index >= 15 is 0 Å². The molecule has 1 aliphatic heterocycles. The monoisotopic (exact) mass is 426 g/mol. The SMILES string of the molecule is O=C(CNC(=O)c1sccc1S(=O)(=O)N1CCSCC1)Nc1cccnc1. The maximum Gasteiger partial charge on any atom is 0.263 e. The van der Waals surface area contributed by atoms with E-state index in [-0.39, 0.29) is 16.3 Å². The summed E-state index contributed by atoms with van der Waals surface area (Å²) in [6.45, 7) is 0.584. The molecular weight excluding hydrogens is 408 g/mol. The van der Waals surface area contributed by atoms with Crippen molar-refractivity contribution >= 4 is 50.6 Å². The predicted octanol–water partition coefficient (Wildman–Crippen LogP) is 1.25. The molecule has 0 saturated carbocycles. The van der Waals surface area contributed by atoms with Gasteiger partial charge in [0, 0.05) is 30.8 Å². The number of thiophene rings is 1. The number of pyridine rings is 1. The Morgan fingerprint density at radius 1 is 1.22 bits per heavy atom. The number of nitrogens with zero attached hydrogens (tertiary/aromatic N) is 2. The molecule has 0 spiro atoms. The molecule has 0 radical (unpaired) electrons. The van der Waals surface area contributed by atoms with Gasteiger partial charge in [-0.3, -0.25) is 14.6 Å². The first-order valence-electron chi connectivity index (χ1n) is 8.12. The van der Waals surface area contributed by atoms with Gasteiger partial charge >= 0.3 is 0 Å². The number of hydrogen-bond donors (Lipinski definition) is 2. The number of carbonyl (C=O) groups excluding carboxylic acids is 2. The Labute approximate surface area is 165 Å². The molecule has 2 amide bonds. The Morgan fingerprint density at radius 2 is 2.00 bits per heavy atom. The summed E-state index contributed by atoms with van der Waals surface area (Å²) in [4.78, 5) is 28.3. The standard InChI is InChI=1S/C16H18N4O4S3/c21-14(19-12-2-1-4-17-10-12)11-18-16(22)15-13(3-7-26-15)27(23,24)20-5-8-25-9-6-20/h1-4,7,10H,5-6,8-9,11H2,(H,18,22)(H,19,21). The fraction of sp³-hybridized carbons (Fsp3) is 0.312. The molecule has 0 unspecified atom stereocenters. The fourth-order valence-electron chi connectivity index (χ4n) is 2.47. The smallest absolute Gasteiger partial charge is 0.263 e. The maximum absolute atomic E-state index is 12.8. The van der Waals surface area contributed by atoms with Gasteiger partial charge in [-0.15, -0.1) is 11.3 Å². The Balaban J connectivity index is 1.64. The van der Waals surface area contributed by atoms with Crippen LogP contribution in [0.25, 0.3) is 0 Å². The predicted molar refractivity (Wildman–Crippen MR) is 106 cm³/mol. The molecule has 8 nitrogen and oxygen atoms in total. The van der Waals surface area contributed by atoms with Crippen molar-refractivity contribution in [3.8, 4) is 0 Å². The number of amides is 2. The number of thioether (sulfide) groups is 1. The molecule has 27 heavy (non-hydrogen) atoms. The van der Waals surface area contributed by atoms with Gasteiger partial charge in [0.25, 0.3) is 5.91 Å². The van der Waals surface area contributed by atoms with E-state index in [1.54, 1.807) is 35.5 Å². The van der Waals surface area contributed by atoms with E-state index in [2.05, 4.69) is 15.6 Å². The van der Waals surface area contributed by atoms with E-state index in [9.17, 15) is 18.0 Å². The van der Waals surface area contributed by atoms with Crippen molar-refractivity contribution in [2.75, 3.05) is 36.5 Å². The fourth-order valence-corrected chi connectivity index (χ4v) is 6.37. The molecule has 0 aliphatic carbocycles. The van der Waals surface area contributed by atoms with Gasteiger partial charge in [0.2, 0.25) is 15.9 Å². The number of rotatable bonds is 6.